The number of hydrogen-bond acceptors (Lipinski definition) is 2. The molecule has 0 bridgehead atoms. The summed E-state index contributed by atoms with van der Waals surface area (Å²) < 4.78 is 5.05. The third-order valence-corrected chi connectivity index (χ3v) is 3.04. The smallest absolute Gasteiger partial charge is 0.104 e. The minimum Gasteiger partial charge on any atom is -0.384 e. The van der Waals surface area contributed by atoms with Gasteiger partial charge in [-0.3, -0.25) is 0 Å². The van der Waals surface area contributed by atoms with E-state index in [0.29, 0.717) is 11.6 Å². The molecule has 0 aliphatic heterocycles. The molecule has 1 atom stereocenters. The van der Waals surface area contributed by atoms with Gasteiger partial charge in [0.05, 0.1) is 6.61 Å². The number of halogens is 1. The van der Waals surface area contributed by atoms with Gasteiger partial charge in [0.25, 0.3) is 0 Å². The molecule has 0 aromatic heterocycles. The first-order chi connectivity index (χ1) is 8.70. The molecule has 0 aliphatic carbocycles. The summed E-state index contributed by atoms with van der Waals surface area (Å²) in [6.45, 7) is 0.581. The zero-order chi connectivity index (χ0) is 13.0. The van der Waals surface area contributed by atoms with Gasteiger partial charge in [-0.25, -0.2) is 0 Å². The number of benzene rings is 2. The average Bonchev–Trinajstić information content (AvgIpc) is 2.40. The second-order valence-electron chi connectivity index (χ2n) is 4.13. The fraction of sp³-hybridized carbons (Fsp3) is 0.200. The van der Waals surface area contributed by atoms with Crippen molar-refractivity contribution in [2.45, 2.75) is 12.7 Å². The highest BCUT2D eigenvalue weighted by Crippen LogP contribution is 2.23. The lowest BCUT2D eigenvalue weighted by Crippen LogP contribution is -1.99. The van der Waals surface area contributed by atoms with E-state index >= 15 is 0 Å². The van der Waals surface area contributed by atoms with Crippen molar-refractivity contribution in [2.24, 2.45) is 0 Å². The molecular formula is C15H15ClO2. The van der Waals surface area contributed by atoms with Gasteiger partial charge >= 0.3 is 0 Å². The Morgan fingerprint density at radius 1 is 1.00 bits per heavy atom. The average molecular weight is 263 g/mol. The molecule has 0 fully saturated rings. The van der Waals surface area contributed by atoms with E-state index in [4.69, 9.17) is 16.3 Å². The first kappa shape index (κ1) is 13.1. The molecule has 0 saturated heterocycles. The summed E-state index contributed by atoms with van der Waals surface area (Å²) in [5.41, 5.74) is 2.78. The molecule has 1 unspecified atom stereocenters. The summed E-state index contributed by atoms with van der Waals surface area (Å²) in [5, 5.41) is 10.9. The summed E-state index contributed by atoms with van der Waals surface area (Å²) in [7, 11) is 1.66. The number of rotatable bonds is 4. The third-order valence-electron chi connectivity index (χ3n) is 2.79. The highest BCUT2D eigenvalue weighted by atomic mass is 35.5. The van der Waals surface area contributed by atoms with Crippen molar-refractivity contribution < 1.29 is 9.84 Å². The topological polar surface area (TPSA) is 29.5 Å². The van der Waals surface area contributed by atoms with E-state index in [1.54, 1.807) is 19.2 Å². The molecular weight excluding hydrogens is 248 g/mol. The van der Waals surface area contributed by atoms with Crippen LogP contribution in [-0.4, -0.2) is 12.2 Å². The van der Waals surface area contributed by atoms with E-state index in [1.165, 1.54) is 0 Å². The number of aliphatic hydroxyl groups excluding tert-OH is 1. The van der Waals surface area contributed by atoms with Crippen molar-refractivity contribution in [3.8, 4) is 0 Å². The maximum Gasteiger partial charge on any atom is 0.104 e. The Labute approximate surface area is 112 Å². The Kier molecular flexibility index (Phi) is 4.37. The van der Waals surface area contributed by atoms with Crippen LogP contribution in [-0.2, 0) is 11.3 Å². The van der Waals surface area contributed by atoms with E-state index in [0.717, 1.165) is 16.7 Å². The molecule has 2 rings (SSSR count). The van der Waals surface area contributed by atoms with Crippen LogP contribution in [0.5, 0.6) is 0 Å². The summed E-state index contributed by atoms with van der Waals surface area (Å²) in [4.78, 5) is 0. The number of ether oxygens (including phenoxy) is 1. The van der Waals surface area contributed by atoms with E-state index in [9.17, 15) is 5.11 Å². The number of aliphatic hydroxyl groups is 1. The monoisotopic (exact) mass is 262 g/mol. The molecule has 18 heavy (non-hydrogen) atoms. The number of methoxy groups -OCH3 is 1. The van der Waals surface area contributed by atoms with Gasteiger partial charge in [-0.15, -0.1) is 0 Å². The van der Waals surface area contributed by atoms with Crippen molar-refractivity contribution in [3.63, 3.8) is 0 Å². The fourth-order valence-corrected chi connectivity index (χ4v) is 1.93. The quantitative estimate of drug-likeness (QED) is 0.913. The van der Waals surface area contributed by atoms with Crippen molar-refractivity contribution in [1.82, 2.24) is 0 Å². The predicted molar refractivity (Wildman–Crippen MR) is 72.7 cm³/mol. The van der Waals surface area contributed by atoms with Gasteiger partial charge in [-0.2, -0.15) is 0 Å². The first-order valence-corrected chi connectivity index (χ1v) is 6.10. The molecule has 2 nitrogen and oxygen atoms in total. The van der Waals surface area contributed by atoms with Crippen molar-refractivity contribution in [1.29, 1.82) is 0 Å². The molecule has 0 aliphatic rings. The molecule has 0 heterocycles. The largest absolute Gasteiger partial charge is 0.384 e. The fourth-order valence-electron chi connectivity index (χ4n) is 1.80. The van der Waals surface area contributed by atoms with Crippen LogP contribution in [0.25, 0.3) is 0 Å². The van der Waals surface area contributed by atoms with E-state index < -0.39 is 6.10 Å². The summed E-state index contributed by atoms with van der Waals surface area (Å²) in [6, 6.07) is 14.9. The Morgan fingerprint density at radius 3 is 2.00 bits per heavy atom. The zero-order valence-electron chi connectivity index (χ0n) is 10.1. The second-order valence-corrected chi connectivity index (χ2v) is 4.57. The molecule has 94 valence electrons. The Bertz CT molecular complexity index is 491. The van der Waals surface area contributed by atoms with Gasteiger partial charge in [0.15, 0.2) is 0 Å². The normalized spacial score (nSPS) is 12.4. The molecule has 2 aromatic carbocycles. The van der Waals surface area contributed by atoms with Crippen LogP contribution < -0.4 is 0 Å². The van der Waals surface area contributed by atoms with E-state index in [-0.39, 0.29) is 0 Å². The highest BCUT2D eigenvalue weighted by molar-refractivity contribution is 6.30. The molecule has 0 spiro atoms. The maximum atomic E-state index is 10.2. The van der Waals surface area contributed by atoms with E-state index in [2.05, 4.69) is 0 Å². The van der Waals surface area contributed by atoms with Gasteiger partial charge in [0, 0.05) is 12.1 Å². The summed E-state index contributed by atoms with van der Waals surface area (Å²) in [5.74, 6) is 0. The highest BCUT2D eigenvalue weighted by Gasteiger charge is 2.09. The summed E-state index contributed by atoms with van der Waals surface area (Å²) in [6.07, 6.45) is -0.626. The minimum atomic E-state index is -0.626. The SMILES string of the molecule is COCc1ccc(C(O)c2ccc(Cl)cc2)cc1. The van der Waals surface area contributed by atoms with Crippen molar-refractivity contribution in [2.75, 3.05) is 7.11 Å². The predicted octanol–water partition coefficient (Wildman–Crippen LogP) is 3.57. The molecule has 2 aromatic rings. The van der Waals surface area contributed by atoms with Gasteiger partial charge in [-0.1, -0.05) is 48.0 Å². The molecule has 0 saturated carbocycles. The van der Waals surface area contributed by atoms with Crippen molar-refractivity contribution >= 4 is 11.6 Å². The van der Waals surface area contributed by atoms with Crippen LogP contribution in [0.2, 0.25) is 5.02 Å². The van der Waals surface area contributed by atoms with Crippen LogP contribution in [0.4, 0.5) is 0 Å². The van der Waals surface area contributed by atoms with Crippen LogP contribution >= 0.6 is 11.6 Å². The summed E-state index contributed by atoms with van der Waals surface area (Å²) >= 11 is 5.82. The molecule has 0 radical (unpaired) electrons. The molecule has 0 amide bonds. The van der Waals surface area contributed by atoms with Crippen LogP contribution in [0, 0.1) is 0 Å². The van der Waals surface area contributed by atoms with E-state index in [1.807, 2.05) is 36.4 Å². The lowest BCUT2D eigenvalue weighted by Gasteiger charge is -2.12. The second kappa shape index (κ2) is 6.01. The Morgan fingerprint density at radius 2 is 1.50 bits per heavy atom. The lowest BCUT2D eigenvalue weighted by atomic mass is 10.0. The maximum absolute atomic E-state index is 10.2. The molecule has 1 N–H and O–H groups in total. The first-order valence-electron chi connectivity index (χ1n) is 5.72. The van der Waals surface area contributed by atoms with Crippen LogP contribution in [0.15, 0.2) is 48.5 Å². The van der Waals surface area contributed by atoms with Crippen LogP contribution in [0.1, 0.15) is 22.8 Å². The molecule has 3 heteroatoms. The number of hydrogen-bond donors (Lipinski definition) is 1. The third kappa shape index (κ3) is 3.10. The lowest BCUT2D eigenvalue weighted by molar-refractivity contribution is 0.184. The van der Waals surface area contributed by atoms with Crippen molar-refractivity contribution in [3.05, 3.63) is 70.2 Å². The van der Waals surface area contributed by atoms with Gasteiger partial charge < -0.3 is 9.84 Å². The van der Waals surface area contributed by atoms with Crippen LogP contribution in [0.3, 0.4) is 0 Å². The van der Waals surface area contributed by atoms with Gasteiger partial charge in [-0.05, 0) is 28.8 Å². The minimum absolute atomic E-state index is 0.581. The Balaban J connectivity index is 2.17. The van der Waals surface area contributed by atoms with Gasteiger partial charge in [0.1, 0.15) is 6.10 Å². The standard InChI is InChI=1S/C15H15ClO2/c1-18-10-11-2-4-12(5-3-11)15(17)13-6-8-14(16)9-7-13/h2-9,15,17H,10H2,1H3. The van der Waals surface area contributed by atoms with Gasteiger partial charge in [0.2, 0.25) is 0 Å². The Hall–Kier alpha value is -1.35. The zero-order valence-corrected chi connectivity index (χ0v) is 10.9.